The van der Waals surface area contributed by atoms with Gasteiger partial charge in [-0.2, -0.15) is 5.26 Å². The van der Waals surface area contributed by atoms with Crippen molar-refractivity contribution < 1.29 is 9.66 Å². The fourth-order valence-electron chi connectivity index (χ4n) is 1.28. The lowest BCUT2D eigenvalue weighted by Gasteiger charge is -2.08. The Labute approximate surface area is 122 Å². The number of aromatic nitrogens is 2. The van der Waals surface area contributed by atoms with Crippen LogP contribution in [0.2, 0.25) is 10.0 Å². The van der Waals surface area contributed by atoms with Gasteiger partial charge in [-0.3, -0.25) is 10.1 Å². The molecule has 0 aliphatic rings. The van der Waals surface area contributed by atoms with Crippen molar-refractivity contribution in [1.82, 2.24) is 9.97 Å². The Bertz CT molecular complexity index is 690. The van der Waals surface area contributed by atoms with Crippen molar-refractivity contribution in [2.24, 2.45) is 0 Å². The molecule has 0 N–H and O–H groups in total. The van der Waals surface area contributed by atoms with E-state index in [0.29, 0.717) is 0 Å². The third kappa shape index (κ3) is 2.93. The molecule has 2 rings (SSSR count). The number of nitriles is 1. The molecule has 0 aliphatic carbocycles. The fourth-order valence-corrected chi connectivity index (χ4v) is 1.83. The van der Waals surface area contributed by atoms with Crippen LogP contribution in [-0.4, -0.2) is 14.9 Å². The molecule has 0 atom stereocenters. The molecule has 0 unspecified atom stereocenters. The third-order valence-corrected chi connectivity index (χ3v) is 2.70. The van der Waals surface area contributed by atoms with E-state index in [0.717, 1.165) is 12.1 Å². The number of halogens is 2. The molecule has 0 fully saturated rings. The van der Waals surface area contributed by atoms with Crippen LogP contribution in [0.15, 0.2) is 24.5 Å². The molecule has 2 aromatic rings. The average molecular weight is 311 g/mol. The summed E-state index contributed by atoms with van der Waals surface area (Å²) in [7, 11) is 0. The second-order valence-electron chi connectivity index (χ2n) is 3.45. The normalized spacial score (nSPS) is 9.85. The van der Waals surface area contributed by atoms with Crippen LogP contribution < -0.4 is 4.74 Å². The lowest BCUT2D eigenvalue weighted by Crippen LogP contribution is -1.94. The van der Waals surface area contributed by atoms with E-state index >= 15 is 0 Å². The lowest BCUT2D eigenvalue weighted by atomic mass is 10.3. The molecule has 0 aliphatic heterocycles. The van der Waals surface area contributed by atoms with E-state index in [1.165, 1.54) is 12.4 Å². The molecule has 1 heterocycles. The zero-order valence-corrected chi connectivity index (χ0v) is 11.1. The van der Waals surface area contributed by atoms with Crippen LogP contribution in [-0.2, 0) is 0 Å². The van der Waals surface area contributed by atoms with E-state index in [1.807, 2.05) is 0 Å². The van der Waals surface area contributed by atoms with Gasteiger partial charge in [-0.1, -0.05) is 23.2 Å². The van der Waals surface area contributed by atoms with Crippen molar-refractivity contribution in [3.05, 3.63) is 50.4 Å². The Kier molecular flexibility index (Phi) is 3.98. The van der Waals surface area contributed by atoms with Gasteiger partial charge in [0.2, 0.25) is 5.88 Å². The standard InChI is InChI=1S/C11H4Cl2N4O3/c12-8-1-7(17(18)19)2-9(13)11(8)20-10-5-15-6(3-14)4-16-10/h1-2,4-5H. The lowest BCUT2D eigenvalue weighted by molar-refractivity contribution is -0.384. The number of rotatable bonds is 3. The molecule has 1 aromatic heterocycles. The van der Waals surface area contributed by atoms with E-state index < -0.39 is 4.92 Å². The molecular formula is C11H4Cl2N4O3. The van der Waals surface area contributed by atoms with Crippen LogP contribution in [0.4, 0.5) is 5.69 Å². The minimum absolute atomic E-state index is 0.0259. The molecule has 9 heteroatoms. The van der Waals surface area contributed by atoms with Crippen LogP contribution >= 0.6 is 23.2 Å². The van der Waals surface area contributed by atoms with Gasteiger partial charge in [0.25, 0.3) is 5.69 Å². The van der Waals surface area contributed by atoms with Crippen molar-refractivity contribution >= 4 is 28.9 Å². The summed E-state index contributed by atoms with van der Waals surface area (Å²) in [5.74, 6) is 0.0830. The molecule has 7 nitrogen and oxygen atoms in total. The van der Waals surface area contributed by atoms with Crippen LogP contribution in [0.3, 0.4) is 0 Å². The largest absolute Gasteiger partial charge is 0.434 e. The maximum atomic E-state index is 10.6. The van der Waals surface area contributed by atoms with Gasteiger partial charge in [0.15, 0.2) is 11.4 Å². The topological polar surface area (TPSA) is 102 Å². The third-order valence-electron chi connectivity index (χ3n) is 2.14. The maximum Gasteiger partial charge on any atom is 0.272 e. The van der Waals surface area contributed by atoms with Gasteiger partial charge in [0.05, 0.1) is 27.4 Å². The smallest absolute Gasteiger partial charge is 0.272 e. The first-order valence-electron chi connectivity index (χ1n) is 5.04. The van der Waals surface area contributed by atoms with Gasteiger partial charge in [-0.25, -0.2) is 9.97 Å². The zero-order valence-electron chi connectivity index (χ0n) is 9.58. The number of benzene rings is 1. The second-order valence-corrected chi connectivity index (χ2v) is 4.26. The quantitative estimate of drug-likeness (QED) is 0.636. The highest BCUT2D eigenvalue weighted by Crippen LogP contribution is 2.38. The first kappa shape index (κ1) is 14.0. The predicted molar refractivity (Wildman–Crippen MR) is 69.9 cm³/mol. The summed E-state index contributed by atoms with van der Waals surface area (Å²) in [6.45, 7) is 0. The van der Waals surface area contributed by atoms with Gasteiger partial charge in [-0.15, -0.1) is 0 Å². The van der Waals surface area contributed by atoms with Gasteiger partial charge < -0.3 is 4.74 Å². The minimum atomic E-state index is -0.622. The van der Waals surface area contributed by atoms with Crippen LogP contribution in [0.5, 0.6) is 11.6 Å². The number of nitro groups is 1. The molecule has 1 aromatic carbocycles. The Morgan fingerprint density at radius 3 is 2.35 bits per heavy atom. The molecule has 100 valence electrons. The van der Waals surface area contributed by atoms with E-state index in [-0.39, 0.29) is 33.1 Å². The van der Waals surface area contributed by atoms with Crippen molar-refractivity contribution in [3.8, 4) is 17.7 Å². The van der Waals surface area contributed by atoms with Crippen molar-refractivity contribution in [1.29, 1.82) is 5.26 Å². The summed E-state index contributed by atoms with van der Waals surface area (Å²) in [5, 5.41) is 19.2. The summed E-state index contributed by atoms with van der Waals surface area (Å²) in [6, 6.07) is 4.03. The Morgan fingerprint density at radius 1 is 1.25 bits per heavy atom. The molecule has 0 amide bonds. The van der Waals surface area contributed by atoms with Gasteiger partial charge in [-0.05, 0) is 0 Å². The molecule has 0 radical (unpaired) electrons. The van der Waals surface area contributed by atoms with Crippen LogP contribution in [0.25, 0.3) is 0 Å². The van der Waals surface area contributed by atoms with Gasteiger partial charge in [0.1, 0.15) is 6.07 Å². The minimum Gasteiger partial charge on any atom is -0.434 e. The monoisotopic (exact) mass is 310 g/mol. The SMILES string of the molecule is N#Cc1cnc(Oc2c(Cl)cc([N+](=O)[O-])cc2Cl)cn1. The predicted octanol–water partition coefficient (Wildman–Crippen LogP) is 3.36. The summed E-state index contributed by atoms with van der Waals surface area (Å²) in [6.07, 6.45) is 2.43. The molecule has 0 saturated carbocycles. The number of nitro benzene ring substituents is 1. The van der Waals surface area contributed by atoms with E-state index in [2.05, 4.69) is 9.97 Å². The highest BCUT2D eigenvalue weighted by molar-refractivity contribution is 6.37. The number of ether oxygens (including phenoxy) is 1. The Balaban J connectivity index is 2.33. The fraction of sp³-hybridized carbons (Fsp3) is 0. The summed E-state index contributed by atoms with van der Waals surface area (Å²) < 4.78 is 5.30. The van der Waals surface area contributed by atoms with E-state index in [9.17, 15) is 10.1 Å². The van der Waals surface area contributed by atoms with E-state index in [1.54, 1.807) is 6.07 Å². The number of non-ortho nitro benzene ring substituents is 1. The first-order valence-corrected chi connectivity index (χ1v) is 5.80. The zero-order chi connectivity index (χ0) is 14.7. The Hall–Kier alpha value is -2.43. The summed E-state index contributed by atoms with van der Waals surface area (Å²) in [5.41, 5.74) is -0.128. The molecule has 0 bridgehead atoms. The average Bonchev–Trinajstić information content (AvgIpc) is 2.43. The molecular weight excluding hydrogens is 307 g/mol. The number of hydrogen-bond acceptors (Lipinski definition) is 6. The number of nitrogens with zero attached hydrogens (tertiary/aromatic N) is 4. The summed E-state index contributed by atoms with van der Waals surface area (Å²) >= 11 is 11.7. The molecule has 0 spiro atoms. The van der Waals surface area contributed by atoms with Gasteiger partial charge >= 0.3 is 0 Å². The molecule has 0 saturated heterocycles. The highest BCUT2D eigenvalue weighted by atomic mass is 35.5. The maximum absolute atomic E-state index is 10.6. The number of hydrogen-bond donors (Lipinski definition) is 0. The highest BCUT2D eigenvalue weighted by Gasteiger charge is 2.16. The van der Waals surface area contributed by atoms with Crippen molar-refractivity contribution in [2.75, 3.05) is 0 Å². The van der Waals surface area contributed by atoms with Crippen LogP contribution in [0.1, 0.15) is 5.69 Å². The van der Waals surface area contributed by atoms with Gasteiger partial charge in [0, 0.05) is 12.1 Å². The first-order chi connectivity index (χ1) is 9.51. The summed E-state index contributed by atoms with van der Waals surface area (Å²) in [4.78, 5) is 17.6. The van der Waals surface area contributed by atoms with Crippen LogP contribution in [0, 0.1) is 21.4 Å². The Morgan fingerprint density at radius 2 is 1.90 bits per heavy atom. The molecule has 20 heavy (non-hydrogen) atoms. The second kappa shape index (κ2) is 5.69. The van der Waals surface area contributed by atoms with Crippen molar-refractivity contribution in [3.63, 3.8) is 0 Å². The van der Waals surface area contributed by atoms with Crippen molar-refractivity contribution in [2.45, 2.75) is 0 Å². The van der Waals surface area contributed by atoms with E-state index in [4.69, 9.17) is 33.2 Å².